The lowest BCUT2D eigenvalue weighted by Crippen LogP contribution is -1.84. The predicted octanol–water partition coefficient (Wildman–Crippen LogP) is 3.87. The molecule has 0 atom stereocenters. The fourth-order valence-corrected chi connectivity index (χ4v) is 1.95. The molecule has 0 spiro atoms. The topological polar surface area (TPSA) is 37.3 Å². The van der Waals surface area contributed by atoms with E-state index in [-0.39, 0.29) is 10.1 Å². The number of allylic oxidation sites excluding steroid dienone is 1. The van der Waals surface area contributed by atoms with E-state index in [9.17, 15) is 14.3 Å². The SMILES string of the molecule is CC(=O)SCCC=Cc1cc(Cl)cc(F)c1O. The number of carbonyl (C=O) groups excluding carboxylic acids is 1. The minimum atomic E-state index is -0.740. The molecule has 0 aliphatic rings. The molecule has 0 fully saturated rings. The molecule has 1 rings (SSSR count). The van der Waals surface area contributed by atoms with Crippen molar-refractivity contribution in [1.82, 2.24) is 0 Å². The number of hydrogen-bond donors (Lipinski definition) is 1. The maximum Gasteiger partial charge on any atom is 0.185 e. The molecule has 1 aromatic rings. The smallest absolute Gasteiger partial charge is 0.185 e. The van der Waals surface area contributed by atoms with Crippen molar-refractivity contribution in [1.29, 1.82) is 0 Å². The first kappa shape index (κ1) is 14.1. The first-order valence-electron chi connectivity index (χ1n) is 4.98. The van der Waals surface area contributed by atoms with E-state index >= 15 is 0 Å². The number of thioether (sulfide) groups is 1. The van der Waals surface area contributed by atoms with Gasteiger partial charge in [0, 0.05) is 23.3 Å². The van der Waals surface area contributed by atoms with Crippen LogP contribution in [-0.4, -0.2) is 16.0 Å². The van der Waals surface area contributed by atoms with Crippen LogP contribution in [0.5, 0.6) is 5.75 Å². The monoisotopic (exact) mass is 274 g/mol. The molecule has 0 unspecified atom stereocenters. The average molecular weight is 275 g/mol. The van der Waals surface area contributed by atoms with Crippen molar-refractivity contribution in [3.05, 3.63) is 34.6 Å². The highest BCUT2D eigenvalue weighted by Crippen LogP contribution is 2.26. The quantitative estimate of drug-likeness (QED) is 0.847. The predicted molar refractivity (Wildman–Crippen MR) is 69.9 cm³/mol. The Balaban J connectivity index is 2.62. The number of carbonyl (C=O) groups is 1. The van der Waals surface area contributed by atoms with E-state index in [0.717, 1.165) is 6.07 Å². The number of rotatable bonds is 4. The first-order chi connectivity index (χ1) is 8.00. The van der Waals surface area contributed by atoms with E-state index in [1.165, 1.54) is 24.8 Å². The van der Waals surface area contributed by atoms with E-state index < -0.39 is 11.6 Å². The van der Waals surface area contributed by atoms with Crippen LogP contribution >= 0.6 is 23.4 Å². The van der Waals surface area contributed by atoms with Crippen LogP contribution in [-0.2, 0) is 4.79 Å². The highest BCUT2D eigenvalue weighted by atomic mass is 35.5. The summed E-state index contributed by atoms with van der Waals surface area (Å²) in [5, 5.41) is 9.72. The van der Waals surface area contributed by atoms with Gasteiger partial charge in [-0.3, -0.25) is 4.79 Å². The fraction of sp³-hybridized carbons (Fsp3) is 0.250. The van der Waals surface area contributed by atoms with Gasteiger partial charge in [0.15, 0.2) is 16.7 Å². The Hall–Kier alpha value is -1.00. The molecule has 0 heterocycles. The largest absolute Gasteiger partial charge is 0.504 e. The number of phenols is 1. The molecule has 5 heteroatoms. The lowest BCUT2D eigenvalue weighted by Gasteiger charge is -2.01. The second-order valence-corrected chi connectivity index (χ2v) is 5.06. The molecule has 0 aliphatic heterocycles. The zero-order chi connectivity index (χ0) is 12.8. The summed E-state index contributed by atoms with van der Waals surface area (Å²) < 4.78 is 13.1. The molecule has 0 amide bonds. The minimum Gasteiger partial charge on any atom is -0.504 e. The second kappa shape index (κ2) is 6.67. The van der Waals surface area contributed by atoms with Crippen LogP contribution < -0.4 is 0 Å². The standard InChI is InChI=1S/C12H12ClFO2S/c1-8(15)17-5-3-2-4-9-6-10(13)7-11(14)12(9)16/h2,4,6-7,16H,3,5H2,1H3. The van der Waals surface area contributed by atoms with Crippen molar-refractivity contribution >= 4 is 34.6 Å². The molecule has 2 nitrogen and oxygen atoms in total. The first-order valence-corrected chi connectivity index (χ1v) is 6.35. The van der Waals surface area contributed by atoms with Crippen molar-refractivity contribution in [3.63, 3.8) is 0 Å². The van der Waals surface area contributed by atoms with Crippen LogP contribution in [0.15, 0.2) is 18.2 Å². The van der Waals surface area contributed by atoms with Crippen LogP contribution in [0.4, 0.5) is 4.39 Å². The Bertz CT molecular complexity index is 446. The third-order valence-corrected chi connectivity index (χ3v) is 3.01. The Kier molecular flexibility index (Phi) is 5.51. The van der Waals surface area contributed by atoms with Gasteiger partial charge in [0.25, 0.3) is 0 Å². The normalized spacial score (nSPS) is 11.0. The number of benzene rings is 1. The van der Waals surface area contributed by atoms with Crippen LogP contribution in [0.3, 0.4) is 0 Å². The molecule has 17 heavy (non-hydrogen) atoms. The fourth-order valence-electron chi connectivity index (χ4n) is 1.19. The van der Waals surface area contributed by atoms with Gasteiger partial charge in [-0.25, -0.2) is 4.39 Å². The van der Waals surface area contributed by atoms with Gasteiger partial charge in [-0.2, -0.15) is 0 Å². The summed E-state index contributed by atoms with van der Waals surface area (Å²) in [6, 6.07) is 2.54. The maximum atomic E-state index is 13.1. The van der Waals surface area contributed by atoms with Crippen LogP contribution in [0, 0.1) is 5.82 Å². The van der Waals surface area contributed by atoms with Gasteiger partial charge >= 0.3 is 0 Å². The summed E-state index contributed by atoms with van der Waals surface area (Å²) >= 11 is 6.89. The zero-order valence-corrected chi connectivity index (χ0v) is 10.8. The van der Waals surface area contributed by atoms with Gasteiger partial charge in [0.2, 0.25) is 0 Å². The Labute approximate surface area is 108 Å². The highest BCUT2D eigenvalue weighted by Gasteiger charge is 2.06. The van der Waals surface area contributed by atoms with E-state index in [1.807, 2.05) is 0 Å². The summed E-state index contributed by atoms with van der Waals surface area (Å²) in [6.07, 6.45) is 4.02. The van der Waals surface area contributed by atoms with Crippen LogP contribution in [0.1, 0.15) is 18.9 Å². The van der Waals surface area contributed by atoms with E-state index in [1.54, 1.807) is 12.2 Å². The third kappa shape index (κ3) is 4.79. The lowest BCUT2D eigenvalue weighted by molar-refractivity contribution is -0.109. The molecule has 0 aromatic heterocycles. The van der Waals surface area contributed by atoms with Gasteiger partial charge in [0.1, 0.15) is 0 Å². The molecule has 0 saturated heterocycles. The second-order valence-electron chi connectivity index (χ2n) is 3.36. The summed E-state index contributed by atoms with van der Waals surface area (Å²) in [5.74, 6) is -0.490. The number of halogens is 2. The summed E-state index contributed by atoms with van der Waals surface area (Å²) in [6.45, 7) is 1.51. The molecule has 1 aromatic carbocycles. The zero-order valence-electron chi connectivity index (χ0n) is 9.24. The summed E-state index contributed by atoms with van der Waals surface area (Å²) in [7, 11) is 0. The highest BCUT2D eigenvalue weighted by molar-refractivity contribution is 8.13. The molecule has 1 N–H and O–H groups in total. The lowest BCUT2D eigenvalue weighted by atomic mass is 10.1. The minimum absolute atomic E-state index is 0.0649. The molecule has 0 radical (unpaired) electrons. The average Bonchev–Trinajstić information content (AvgIpc) is 2.23. The van der Waals surface area contributed by atoms with Crippen LogP contribution in [0.2, 0.25) is 5.02 Å². The molecule has 0 aliphatic carbocycles. The van der Waals surface area contributed by atoms with Crippen molar-refractivity contribution < 1.29 is 14.3 Å². The van der Waals surface area contributed by atoms with Gasteiger partial charge in [0.05, 0.1) is 0 Å². The van der Waals surface area contributed by atoms with E-state index in [4.69, 9.17) is 11.6 Å². The van der Waals surface area contributed by atoms with Gasteiger partial charge in [-0.05, 0) is 18.6 Å². The van der Waals surface area contributed by atoms with Gasteiger partial charge in [-0.1, -0.05) is 35.5 Å². The number of hydrogen-bond acceptors (Lipinski definition) is 3. The summed E-state index contributed by atoms with van der Waals surface area (Å²) in [4.78, 5) is 10.7. The van der Waals surface area contributed by atoms with Crippen molar-refractivity contribution in [3.8, 4) is 5.75 Å². The molecule has 0 saturated carbocycles. The van der Waals surface area contributed by atoms with E-state index in [2.05, 4.69) is 0 Å². The Morgan fingerprint density at radius 3 is 2.94 bits per heavy atom. The number of aromatic hydroxyl groups is 1. The van der Waals surface area contributed by atoms with Crippen molar-refractivity contribution in [2.45, 2.75) is 13.3 Å². The van der Waals surface area contributed by atoms with Crippen LogP contribution in [0.25, 0.3) is 6.08 Å². The number of phenolic OH excluding ortho intramolecular Hbond substituents is 1. The van der Waals surface area contributed by atoms with Crippen molar-refractivity contribution in [2.75, 3.05) is 5.75 Å². The summed E-state index contributed by atoms with van der Waals surface area (Å²) in [5.41, 5.74) is 0.336. The van der Waals surface area contributed by atoms with Gasteiger partial charge in [-0.15, -0.1) is 0 Å². The van der Waals surface area contributed by atoms with Gasteiger partial charge < -0.3 is 5.11 Å². The third-order valence-electron chi connectivity index (χ3n) is 1.94. The molecule has 92 valence electrons. The van der Waals surface area contributed by atoms with E-state index in [0.29, 0.717) is 17.7 Å². The Morgan fingerprint density at radius 1 is 1.59 bits per heavy atom. The molecular formula is C12H12ClFO2S. The Morgan fingerprint density at radius 2 is 2.29 bits per heavy atom. The maximum absolute atomic E-state index is 13.1. The van der Waals surface area contributed by atoms with Crippen molar-refractivity contribution in [2.24, 2.45) is 0 Å². The molecule has 0 bridgehead atoms. The molecular weight excluding hydrogens is 263 g/mol.